The molecule has 3 rings (SSSR count). The number of ether oxygens (including phenoxy) is 1. The van der Waals surface area contributed by atoms with Crippen LogP contribution in [0.4, 0.5) is 0 Å². The van der Waals surface area contributed by atoms with Gasteiger partial charge >= 0.3 is 0 Å². The molecule has 6 nitrogen and oxygen atoms in total. The van der Waals surface area contributed by atoms with E-state index in [-0.39, 0.29) is 5.91 Å². The molecule has 1 saturated carbocycles. The Morgan fingerprint density at radius 1 is 1.11 bits per heavy atom. The predicted molar refractivity (Wildman–Crippen MR) is 157 cm³/mol. The van der Waals surface area contributed by atoms with Crippen LogP contribution in [-0.2, 0) is 0 Å². The Balaban J connectivity index is 0.000000328. The van der Waals surface area contributed by atoms with E-state index in [4.69, 9.17) is 4.74 Å². The molecule has 1 aliphatic carbocycles. The minimum Gasteiger partial charge on any atom is -0.492 e. The summed E-state index contributed by atoms with van der Waals surface area (Å²) in [5.74, 6) is 1.97. The first-order valence-electron chi connectivity index (χ1n) is 14.1. The van der Waals surface area contributed by atoms with Gasteiger partial charge in [0, 0.05) is 36.1 Å². The Morgan fingerprint density at radius 2 is 1.79 bits per heavy atom. The van der Waals surface area contributed by atoms with Crippen LogP contribution in [0.3, 0.4) is 0 Å². The Kier molecular flexibility index (Phi) is 13.5. The summed E-state index contributed by atoms with van der Waals surface area (Å²) in [7, 11) is 0. The lowest BCUT2D eigenvalue weighted by molar-refractivity contribution is 0.0937. The minimum atomic E-state index is -0.0753. The average molecular weight is 519 g/mol. The number of pyridine rings is 1. The van der Waals surface area contributed by atoms with Crippen molar-refractivity contribution in [2.75, 3.05) is 6.61 Å². The number of amides is 1. The van der Waals surface area contributed by atoms with Crippen molar-refractivity contribution in [2.24, 2.45) is 0 Å². The lowest BCUT2D eigenvalue weighted by atomic mass is 10.0. The molecule has 2 aromatic heterocycles. The van der Waals surface area contributed by atoms with Crippen LogP contribution in [0.15, 0.2) is 60.1 Å². The molecular weight excluding hydrogens is 472 g/mol. The van der Waals surface area contributed by atoms with Gasteiger partial charge in [0.15, 0.2) is 5.82 Å². The molecule has 1 atom stereocenters. The van der Waals surface area contributed by atoms with Gasteiger partial charge in [0.2, 0.25) is 0 Å². The highest BCUT2D eigenvalue weighted by Crippen LogP contribution is 2.26. The molecule has 1 N–H and O–H groups in total. The van der Waals surface area contributed by atoms with Crippen LogP contribution >= 0.6 is 0 Å². The Morgan fingerprint density at radius 3 is 2.37 bits per heavy atom. The van der Waals surface area contributed by atoms with Crippen LogP contribution in [0, 0.1) is 0 Å². The van der Waals surface area contributed by atoms with Gasteiger partial charge in [0.25, 0.3) is 5.91 Å². The normalized spacial score (nSPS) is 15.5. The number of hydrogen-bond donors (Lipinski definition) is 1. The van der Waals surface area contributed by atoms with Crippen molar-refractivity contribution in [2.45, 2.75) is 99.0 Å². The zero-order valence-electron chi connectivity index (χ0n) is 24.4. The third-order valence-corrected chi connectivity index (χ3v) is 6.77. The summed E-state index contributed by atoms with van der Waals surface area (Å²) < 4.78 is 5.50. The third kappa shape index (κ3) is 9.88. The largest absolute Gasteiger partial charge is 0.492 e. The quantitative estimate of drug-likeness (QED) is 0.324. The molecule has 1 amide bonds. The van der Waals surface area contributed by atoms with Crippen LogP contribution in [0.1, 0.15) is 115 Å². The summed E-state index contributed by atoms with van der Waals surface area (Å²) in [4.78, 5) is 25.4. The molecule has 206 valence electrons. The van der Waals surface area contributed by atoms with E-state index in [0.29, 0.717) is 30.0 Å². The number of carbonyl (C=O) groups excluding carboxylic acids is 1. The zero-order chi connectivity index (χ0) is 27.9. The zero-order valence-corrected chi connectivity index (χ0v) is 24.4. The fourth-order valence-electron chi connectivity index (χ4n) is 4.23. The van der Waals surface area contributed by atoms with Gasteiger partial charge in [-0.1, -0.05) is 56.9 Å². The fraction of sp³-hybridized carbons (Fsp3) is 0.500. The number of carbonyl (C=O) groups is 1. The van der Waals surface area contributed by atoms with Crippen LogP contribution in [0.2, 0.25) is 0 Å². The van der Waals surface area contributed by atoms with Gasteiger partial charge in [-0.25, -0.2) is 9.97 Å². The molecule has 0 radical (unpaired) electrons. The van der Waals surface area contributed by atoms with Crippen LogP contribution in [0.5, 0.6) is 5.75 Å². The lowest BCUT2D eigenvalue weighted by Gasteiger charge is -2.12. The summed E-state index contributed by atoms with van der Waals surface area (Å²) in [6.45, 7) is 15.4. The first-order chi connectivity index (χ1) is 18.3. The van der Waals surface area contributed by atoms with Crippen molar-refractivity contribution in [3.05, 3.63) is 77.2 Å². The van der Waals surface area contributed by atoms with E-state index in [1.807, 2.05) is 38.3 Å². The molecule has 1 fully saturated rings. The average Bonchev–Trinajstić information content (AvgIpc) is 3.45. The van der Waals surface area contributed by atoms with Gasteiger partial charge < -0.3 is 10.1 Å². The lowest BCUT2D eigenvalue weighted by Crippen LogP contribution is -2.32. The smallest absolute Gasteiger partial charge is 0.254 e. The molecule has 6 heteroatoms. The van der Waals surface area contributed by atoms with Gasteiger partial charge in [-0.2, -0.15) is 0 Å². The van der Waals surface area contributed by atoms with E-state index in [1.54, 1.807) is 12.4 Å². The van der Waals surface area contributed by atoms with Crippen molar-refractivity contribution < 1.29 is 9.53 Å². The second kappa shape index (κ2) is 16.5. The van der Waals surface area contributed by atoms with E-state index in [9.17, 15) is 4.79 Å². The maximum absolute atomic E-state index is 12.3. The number of rotatable bonds is 10. The summed E-state index contributed by atoms with van der Waals surface area (Å²) in [6, 6.07) is 4.20. The number of aromatic nitrogens is 3. The van der Waals surface area contributed by atoms with Crippen molar-refractivity contribution in [1.82, 2.24) is 20.3 Å². The first kappa shape index (κ1) is 30.9. The standard InChI is InChI=1S/C21H29N3O.C11H17NO/c1-5-15(3)11-16(4)12-17(6-2)20-22-13-18(14-23-20)21(25)24-19-9-7-8-10-19;1-4-9(3)11-10(13-5-2)7-6-8-12-11/h6,11-14,19H,5,7-10H2,1-4H3,(H,24,25);6-9H,4-5H2,1-3H3/b15-11?,16-12-,17-6+;. The Bertz CT molecular complexity index is 1100. The van der Waals surface area contributed by atoms with Crippen LogP contribution in [-0.4, -0.2) is 33.5 Å². The fourth-order valence-corrected chi connectivity index (χ4v) is 4.23. The SMILES string of the molecule is C/C=C(\C=C(\C)C=C(C)CC)c1ncc(C(=O)NC2CCCC2)cn1.CCOc1cccnc1C(C)CC. The molecule has 0 aromatic carbocycles. The topological polar surface area (TPSA) is 77.0 Å². The number of hydrogen-bond acceptors (Lipinski definition) is 5. The summed E-state index contributed by atoms with van der Waals surface area (Å²) in [5.41, 5.74) is 5.06. The van der Waals surface area contributed by atoms with Crippen molar-refractivity contribution in [1.29, 1.82) is 0 Å². The Hall–Kier alpha value is -3.28. The highest BCUT2D eigenvalue weighted by molar-refractivity contribution is 5.93. The van der Waals surface area contributed by atoms with Gasteiger partial charge in [0.05, 0.1) is 17.9 Å². The summed E-state index contributed by atoms with van der Waals surface area (Å²) >= 11 is 0. The van der Waals surface area contributed by atoms with Crippen molar-refractivity contribution in [3.63, 3.8) is 0 Å². The molecule has 0 saturated heterocycles. The molecule has 1 aliphatic rings. The first-order valence-corrected chi connectivity index (χ1v) is 14.1. The van der Waals surface area contributed by atoms with Gasteiger partial charge in [0.1, 0.15) is 5.75 Å². The number of nitrogens with zero attached hydrogens (tertiary/aromatic N) is 3. The molecule has 0 bridgehead atoms. The summed E-state index contributed by atoms with van der Waals surface area (Å²) in [5, 5.41) is 3.06. The maximum atomic E-state index is 12.3. The highest BCUT2D eigenvalue weighted by Gasteiger charge is 2.18. The monoisotopic (exact) mass is 518 g/mol. The van der Waals surface area contributed by atoms with Crippen molar-refractivity contribution in [3.8, 4) is 5.75 Å². The van der Waals surface area contributed by atoms with Crippen LogP contribution < -0.4 is 10.1 Å². The van der Waals surface area contributed by atoms with E-state index in [2.05, 4.69) is 67.0 Å². The van der Waals surface area contributed by atoms with Crippen molar-refractivity contribution >= 4 is 11.5 Å². The van der Waals surface area contributed by atoms with E-state index in [1.165, 1.54) is 24.0 Å². The molecule has 38 heavy (non-hydrogen) atoms. The summed E-state index contributed by atoms with van der Waals surface area (Å²) in [6.07, 6.45) is 18.0. The second-order valence-corrected chi connectivity index (χ2v) is 9.86. The van der Waals surface area contributed by atoms with E-state index < -0.39 is 0 Å². The molecule has 2 aromatic rings. The van der Waals surface area contributed by atoms with Gasteiger partial charge in [-0.05, 0) is 71.6 Å². The molecule has 2 heterocycles. The van der Waals surface area contributed by atoms with Gasteiger partial charge in [-0.15, -0.1) is 0 Å². The molecule has 0 spiro atoms. The minimum absolute atomic E-state index is 0.0753. The van der Waals surface area contributed by atoms with Crippen LogP contribution in [0.25, 0.3) is 5.57 Å². The molecule has 1 unspecified atom stereocenters. The van der Waals surface area contributed by atoms with Gasteiger partial charge in [-0.3, -0.25) is 9.78 Å². The highest BCUT2D eigenvalue weighted by atomic mass is 16.5. The third-order valence-electron chi connectivity index (χ3n) is 6.77. The maximum Gasteiger partial charge on any atom is 0.254 e. The Labute approximate surface area is 229 Å². The van der Waals surface area contributed by atoms with E-state index in [0.717, 1.165) is 42.7 Å². The molecular formula is C32H46N4O2. The number of allylic oxidation sites excluding steroid dienone is 6. The number of nitrogens with one attached hydrogen (secondary N) is 1. The predicted octanol–water partition coefficient (Wildman–Crippen LogP) is 7.85. The second-order valence-electron chi connectivity index (χ2n) is 9.86. The van der Waals surface area contributed by atoms with E-state index >= 15 is 0 Å². The molecule has 0 aliphatic heterocycles.